The van der Waals surface area contributed by atoms with Gasteiger partial charge >= 0.3 is 113 Å². The van der Waals surface area contributed by atoms with Gasteiger partial charge in [-0.3, -0.25) is 0 Å². The van der Waals surface area contributed by atoms with Gasteiger partial charge in [-0.15, -0.1) is 0 Å². The topological polar surface area (TPSA) is 55.5 Å². The fourth-order valence-electron chi connectivity index (χ4n) is 0.890. The Kier molecular flexibility index (Phi) is 3.45. The van der Waals surface area contributed by atoms with Gasteiger partial charge in [-0.2, -0.15) is 0 Å². The zero-order valence-corrected chi connectivity index (χ0v) is 12.4. The van der Waals surface area contributed by atoms with Gasteiger partial charge in [0.2, 0.25) is 0 Å². The Morgan fingerprint density at radius 2 is 1.83 bits per heavy atom. The monoisotopic (exact) mass is 419 g/mol. The van der Waals surface area contributed by atoms with Crippen molar-refractivity contribution in [3.8, 4) is 0 Å². The molecule has 1 aromatic rings. The van der Waals surface area contributed by atoms with E-state index in [2.05, 4.69) is 19.9 Å². The number of nitrogens with two attached hydrogens (primary N) is 1. The minimum atomic E-state index is -9.68. The summed E-state index contributed by atoms with van der Waals surface area (Å²) in [5.74, 6) is 0. The number of hydrogen-bond acceptors (Lipinski definition) is 1. The maximum atomic E-state index is 12.5. The van der Waals surface area contributed by atoms with E-state index in [1.54, 1.807) is 0 Å². The van der Waals surface area contributed by atoms with Crippen molar-refractivity contribution in [3.05, 3.63) is 22.7 Å². The molecule has 0 saturated heterocycles. The second-order valence-corrected chi connectivity index (χ2v) is 8.03. The van der Waals surface area contributed by atoms with E-state index in [1.807, 2.05) is 0 Å². The first kappa shape index (κ1) is 15.5. The number of carbonyl (C=O) groups excluding carboxylic acids is 1. The third kappa shape index (κ3) is 4.30. The molecule has 0 spiro atoms. The molecule has 0 aliphatic rings. The first-order chi connectivity index (χ1) is 7.79. The van der Waals surface area contributed by atoms with Crippen LogP contribution in [0, 0.1) is 0 Å². The molecule has 2 N–H and O–H groups in total. The first-order valence-electron chi connectivity index (χ1n) is 4.01. The van der Waals surface area contributed by atoms with E-state index in [-0.39, 0.29) is 21.1 Å². The van der Waals surface area contributed by atoms with E-state index >= 15 is 0 Å². The summed E-state index contributed by atoms with van der Waals surface area (Å²) in [6, 6.07) is 0.400. The number of hydrogen-bond donors (Lipinski definition) is 1. The molecule has 0 fully saturated rings. The van der Waals surface area contributed by atoms with Crippen LogP contribution in [0.5, 0.6) is 0 Å². The molecule has 1 rings (SSSR count). The standard InChI is InChI=1S/C7H5BrF5N2OSSe/c8-5-3-4(17(9,10,11,12)13)1-2-6(5)18-15-7(14)16/h1-3H,(H2,14,16). The third-order valence-corrected chi connectivity index (χ3v) is 5.70. The Hall–Kier alpha value is -0.511. The molecule has 0 aromatic heterocycles. The predicted octanol–water partition coefficient (Wildman–Crippen LogP) is 3.70. The second kappa shape index (κ2) is 3.99. The number of primary amides is 1. The molecule has 0 heterocycles. The van der Waals surface area contributed by atoms with E-state index in [9.17, 15) is 24.2 Å². The molecule has 1 radical (unpaired) electrons. The molecule has 3 nitrogen and oxygen atoms in total. The van der Waals surface area contributed by atoms with Crippen molar-refractivity contribution in [3.63, 3.8) is 0 Å². The zero-order valence-electron chi connectivity index (χ0n) is 8.25. The molecule has 0 aliphatic carbocycles. The van der Waals surface area contributed by atoms with Crippen molar-refractivity contribution in [2.75, 3.05) is 0 Å². The molecule has 0 saturated carbocycles. The first-order valence-corrected chi connectivity index (χ1v) is 8.37. The van der Waals surface area contributed by atoms with E-state index in [4.69, 9.17) is 5.73 Å². The van der Waals surface area contributed by atoms with Crippen molar-refractivity contribution in [1.29, 1.82) is 0 Å². The Morgan fingerprint density at radius 3 is 2.22 bits per heavy atom. The molecule has 0 aliphatic heterocycles. The Balaban J connectivity index is 3.29. The summed E-state index contributed by atoms with van der Waals surface area (Å²) in [7, 11) is -9.68. The van der Waals surface area contributed by atoms with Gasteiger partial charge < -0.3 is 0 Å². The average Bonchev–Trinajstić information content (AvgIpc) is 2.11. The molecule has 0 atom stereocenters. The van der Waals surface area contributed by atoms with Gasteiger partial charge in [0, 0.05) is 0 Å². The summed E-state index contributed by atoms with van der Waals surface area (Å²) in [5.41, 5.74) is 4.73. The quantitative estimate of drug-likeness (QED) is 0.577. The van der Waals surface area contributed by atoms with Gasteiger partial charge in [-0.25, -0.2) is 0 Å². The van der Waals surface area contributed by atoms with E-state index in [0.29, 0.717) is 0 Å². The van der Waals surface area contributed by atoms with Gasteiger partial charge in [0.15, 0.2) is 0 Å². The molecule has 2 amide bonds. The summed E-state index contributed by atoms with van der Waals surface area (Å²) in [5, 5.41) is 0. The SMILES string of the molecule is NC(=O)N=[Se]c1ccc(S(F)(F)(F)(F)F)cc1Br. The fraction of sp³-hybridized carbons (Fsp3) is 0. The van der Waals surface area contributed by atoms with Crippen LogP contribution in [0.15, 0.2) is 31.5 Å². The number of halogens is 6. The summed E-state index contributed by atoms with van der Waals surface area (Å²) >= 11 is 1.85. The van der Waals surface area contributed by atoms with Crippen LogP contribution >= 0.6 is 26.2 Å². The minimum absolute atomic E-state index is 0.196. The van der Waals surface area contributed by atoms with E-state index < -0.39 is 35.9 Å². The predicted molar refractivity (Wildman–Crippen MR) is 62.9 cm³/mol. The van der Waals surface area contributed by atoms with E-state index in [1.165, 1.54) is 0 Å². The van der Waals surface area contributed by atoms with Crippen molar-refractivity contribution in [2.24, 2.45) is 9.70 Å². The Labute approximate surface area is 113 Å². The van der Waals surface area contributed by atoms with Crippen molar-refractivity contribution < 1.29 is 24.2 Å². The fourth-order valence-corrected chi connectivity index (χ4v) is 3.43. The number of benzene rings is 1. The van der Waals surface area contributed by atoms with Crippen molar-refractivity contribution in [2.45, 2.75) is 4.90 Å². The average molecular weight is 419 g/mol. The third-order valence-electron chi connectivity index (χ3n) is 1.58. The van der Waals surface area contributed by atoms with Crippen LogP contribution in [-0.4, -0.2) is 20.8 Å². The molecule has 103 valence electrons. The Bertz CT molecular complexity index is 546. The van der Waals surface area contributed by atoms with Gasteiger partial charge in [0.05, 0.1) is 0 Å². The van der Waals surface area contributed by atoms with Gasteiger partial charge in [-0.05, 0) is 0 Å². The summed E-state index contributed by atoms with van der Waals surface area (Å²) < 4.78 is 65.6. The Morgan fingerprint density at radius 1 is 1.28 bits per heavy atom. The van der Waals surface area contributed by atoms with Crippen molar-refractivity contribution >= 4 is 51.4 Å². The van der Waals surface area contributed by atoms with Crippen molar-refractivity contribution in [1.82, 2.24) is 0 Å². The van der Waals surface area contributed by atoms with Gasteiger partial charge in [-0.1, -0.05) is 0 Å². The molecule has 0 bridgehead atoms. The summed E-state index contributed by atoms with van der Waals surface area (Å²) in [4.78, 5) is 8.37. The molecule has 0 unspecified atom stereocenters. The number of rotatable bonds is 2. The molecular weight excluding hydrogens is 414 g/mol. The van der Waals surface area contributed by atoms with Gasteiger partial charge in [0.1, 0.15) is 0 Å². The van der Waals surface area contributed by atoms with Crippen LogP contribution < -0.4 is 10.2 Å². The molecular formula is C7H5BrF5N2OSSe. The number of amides is 2. The number of carbonyl (C=O) groups is 1. The van der Waals surface area contributed by atoms with Gasteiger partial charge in [0.25, 0.3) is 0 Å². The number of urea groups is 1. The summed E-state index contributed by atoms with van der Waals surface area (Å²) in [6.45, 7) is 0. The van der Waals surface area contributed by atoms with Crippen LogP contribution in [0.25, 0.3) is 0 Å². The molecule has 11 heteroatoms. The van der Waals surface area contributed by atoms with Crippen LogP contribution in [0.1, 0.15) is 0 Å². The van der Waals surface area contributed by atoms with Crippen LogP contribution in [0.3, 0.4) is 0 Å². The summed E-state index contributed by atoms with van der Waals surface area (Å²) in [6.07, 6.45) is 0. The zero-order chi connectivity index (χ0) is 14.3. The number of nitrogens with zero attached hydrogens (tertiary/aromatic N) is 1. The molecule has 1 aromatic carbocycles. The van der Waals surface area contributed by atoms with Crippen LogP contribution in [0.2, 0.25) is 0 Å². The van der Waals surface area contributed by atoms with Crippen LogP contribution in [-0.2, 0) is 0 Å². The maximum absolute atomic E-state index is 12.5. The molecule has 18 heavy (non-hydrogen) atoms. The van der Waals surface area contributed by atoms with E-state index in [0.717, 1.165) is 6.07 Å². The van der Waals surface area contributed by atoms with Crippen LogP contribution in [0.4, 0.5) is 24.2 Å². The second-order valence-electron chi connectivity index (χ2n) is 3.08. The normalized spacial score (nSPS) is 16.3.